The van der Waals surface area contributed by atoms with Crippen LogP contribution in [0.25, 0.3) is 0 Å². The maximum absolute atomic E-state index is 11.4. The first kappa shape index (κ1) is 77.4. The van der Waals surface area contributed by atoms with Crippen molar-refractivity contribution in [3.05, 3.63) is 35.4 Å². The fourth-order valence-corrected chi connectivity index (χ4v) is 14.9. The maximum atomic E-state index is 11.4. The summed E-state index contributed by atoms with van der Waals surface area (Å²) in [5.74, 6) is 0. The number of fused-ring (bicyclic) bond motifs is 2. The van der Waals surface area contributed by atoms with Crippen molar-refractivity contribution in [2.45, 2.75) is 228 Å². The van der Waals surface area contributed by atoms with Crippen molar-refractivity contribution < 1.29 is 168 Å². The smallest absolute Gasteiger partial charge is 0.187 e. The van der Waals surface area contributed by atoms with E-state index >= 15 is 0 Å². The Balaban J connectivity index is 1.04. The van der Waals surface area contributed by atoms with E-state index in [4.69, 9.17) is 133 Å². The highest BCUT2D eigenvalue weighted by Crippen LogP contribution is 2.43. The minimum Gasteiger partial charge on any atom is -0.394 e. The van der Waals surface area contributed by atoms with Crippen LogP contribution in [0.1, 0.15) is 11.1 Å². The van der Waals surface area contributed by atoms with Crippen LogP contribution in [-0.4, -0.2) is 382 Å². The van der Waals surface area contributed by atoms with Crippen molar-refractivity contribution in [2.24, 2.45) is 0 Å². The van der Waals surface area contributed by atoms with E-state index in [0.717, 1.165) is 11.1 Å². The molecular formula is C62H100O35. The lowest BCUT2D eigenvalue weighted by Crippen LogP contribution is -2.69. The summed E-state index contributed by atoms with van der Waals surface area (Å²) in [5, 5.41) is 78.6. The predicted octanol–water partition coefficient (Wildman–Crippen LogP) is -4.62. The van der Waals surface area contributed by atoms with E-state index in [0.29, 0.717) is 0 Å². The normalized spacial score (nSPS) is 47.1. The first-order valence-corrected chi connectivity index (χ1v) is 32.3. The summed E-state index contributed by atoms with van der Waals surface area (Å²) in [4.78, 5) is 0. The van der Waals surface area contributed by atoms with Gasteiger partial charge in [-0.3, -0.25) is 0 Å². The van der Waals surface area contributed by atoms with Crippen LogP contribution in [0.3, 0.4) is 0 Å². The maximum Gasteiger partial charge on any atom is 0.187 e. The molecule has 1 aromatic carbocycles. The van der Waals surface area contributed by atoms with E-state index in [1.165, 1.54) is 85.3 Å². The van der Waals surface area contributed by atoms with Gasteiger partial charge in [-0.15, -0.1) is 0 Å². The van der Waals surface area contributed by atoms with Gasteiger partial charge in [0.15, 0.2) is 44.0 Å². The van der Waals surface area contributed by atoms with E-state index < -0.39 is 261 Å². The van der Waals surface area contributed by atoms with E-state index in [1.807, 2.05) is 24.3 Å². The number of aliphatic hydroxyl groups is 7. The van der Waals surface area contributed by atoms with Crippen LogP contribution in [0, 0.1) is 0 Å². The molecular weight excluding hydrogens is 1300 g/mol. The number of hydrogen-bond donors (Lipinski definition) is 7. The summed E-state index contributed by atoms with van der Waals surface area (Å²) in [6.45, 7) is -4.83. The topological polar surface area (TPSA) is 400 Å². The zero-order valence-corrected chi connectivity index (χ0v) is 56.4. The average molecular weight is 1410 g/mol. The number of rotatable bonds is 19. The van der Waals surface area contributed by atoms with Crippen molar-refractivity contribution in [2.75, 3.05) is 132 Å². The zero-order chi connectivity index (χ0) is 69.4. The van der Waals surface area contributed by atoms with Gasteiger partial charge in [0.25, 0.3) is 0 Å². The monoisotopic (exact) mass is 1400 g/mol. The molecule has 7 N–H and O–H groups in total. The fourth-order valence-electron chi connectivity index (χ4n) is 14.9. The molecule has 0 radical (unpaired) electrons. The van der Waals surface area contributed by atoms with Gasteiger partial charge < -0.3 is 168 Å². The second kappa shape index (κ2) is 36.0. The highest BCUT2D eigenvalue weighted by atomic mass is 16.8. The highest BCUT2D eigenvalue weighted by molar-refractivity contribution is 5.26. The van der Waals surface area contributed by atoms with Crippen LogP contribution in [0.2, 0.25) is 0 Å². The van der Waals surface area contributed by atoms with E-state index in [9.17, 15) is 35.7 Å². The van der Waals surface area contributed by atoms with Gasteiger partial charge in [0, 0.05) is 85.3 Å². The lowest BCUT2D eigenvalue weighted by atomic mass is 9.94. The van der Waals surface area contributed by atoms with Gasteiger partial charge in [0.1, 0.15) is 171 Å². The molecule has 35 atom stereocenters. The standard InChI is InChI=1S/C62H100O35/c1-70-42-35-28(17-63)85-57(50(42)77-8)93-37-30(19-65)87-59(52(79-10)44(37)72-3)95-39-32(21-67)89-61(54(81-12)46(39)74-5)97-41-34(23-69)90-62(55-48(41)82-24-26-15-13-14-16-27(26)25-83-55)96-40-33(22-68)88-60(53(80-11)47(40)75-6)94-38-31(20-66)86-58(51(78-9)45(38)73-4)92-36-29(18-64)84-56(91-35)49(76-7)43(36)71-2/h13-16,28-69H,17-25H2,1-12H3/t28-,29-,30-,31-,32-,33-,34-,35-,36-,37-,38-,39-,40-,41-,42+,43+,44+,45+,46+,47+,48+,49-,50-,51-,52-,53-,54-,55-,56-,57-,58-,59-,60-,61-,62-/m1/s1. The first-order chi connectivity index (χ1) is 47.2. The molecule has 0 unspecified atom stereocenters. The average Bonchev–Trinajstić information content (AvgIpc) is 0.773. The van der Waals surface area contributed by atoms with Crippen molar-refractivity contribution in [1.82, 2.24) is 0 Å². The second-order valence-electron chi connectivity index (χ2n) is 24.5. The van der Waals surface area contributed by atoms with Gasteiger partial charge in [-0.1, -0.05) is 24.3 Å². The number of methoxy groups -OCH3 is 12. The molecule has 20 fully saturated rings. The molecule has 0 aliphatic carbocycles. The third-order valence-corrected chi connectivity index (χ3v) is 19.7. The molecule has 97 heavy (non-hydrogen) atoms. The summed E-state index contributed by atoms with van der Waals surface area (Å²) in [7, 11) is 16.6. The van der Waals surface area contributed by atoms with E-state index in [2.05, 4.69) is 0 Å². The largest absolute Gasteiger partial charge is 0.394 e. The van der Waals surface area contributed by atoms with Crippen molar-refractivity contribution >= 4 is 0 Å². The summed E-state index contributed by atoms with van der Waals surface area (Å²) >= 11 is 0. The molecule has 0 saturated carbocycles. The summed E-state index contributed by atoms with van der Waals surface area (Å²) in [6.07, 6.45) is -44.0. The lowest BCUT2D eigenvalue weighted by molar-refractivity contribution is -0.404. The van der Waals surface area contributed by atoms with Gasteiger partial charge in [0.2, 0.25) is 0 Å². The van der Waals surface area contributed by atoms with Gasteiger partial charge in [-0.05, 0) is 11.1 Å². The van der Waals surface area contributed by atoms with Crippen molar-refractivity contribution in [1.29, 1.82) is 0 Å². The molecule has 35 nitrogen and oxygen atoms in total. The Labute approximate surface area is 562 Å². The van der Waals surface area contributed by atoms with Crippen LogP contribution < -0.4 is 0 Å². The Hall–Kier alpha value is -2.18. The predicted molar refractivity (Wildman–Crippen MR) is 317 cm³/mol. The van der Waals surface area contributed by atoms with Gasteiger partial charge in [-0.2, -0.15) is 0 Å². The second-order valence-corrected chi connectivity index (χ2v) is 24.5. The fraction of sp³-hybridized carbons (Fsp3) is 0.903. The third-order valence-electron chi connectivity index (χ3n) is 19.7. The van der Waals surface area contributed by atoms with Gasteiger partial charge >= 0.3 is 0 Å². The van der Waals surface area contributed by atoms with Crippen LogP contribution in [0.5, 0.6) is 0 Å². The molecule has 1 aromatic rings. The molecule has 0 spiro atoms. The number of ether oxygens (including phenoxy) is 28. The molecule has 14 bridgehead atoms. The number of aliphatic hydroxyl groups excluding tert-OH is 7. The van der Waals surface area contributed by atoms with E-state index in [-0.39, 0.29) is 13.2 Å². The lowest BCUT2D eigenvalue weighted by Gasteiger charge is -2.52. The van der Waals surface area contributed by atoms with Crippen molar-refractivity contribution in [3.8, 4) is 0 Å². The van der Waals surface area contributed by atoms with Crippen LogP contribution in [0.4, 0.5) is 0 Å². The Bertz CT molecular complexity index is 2480. The molecule has 21 heterocycles. The zero-order valence-electron chi connectivity index (χ0n) is 56.4. The SMILES string of the molecule is CO[C@@H]1[C@@H](OC)[C@H]2O[C@H]3[C@H](OC)[C@@H](OC)[C@@H](O[C@H]4[C@H](OC)[C@@H](OC)[C@@H](O[C@H]5[C@H](OC)[C@@H](OC)[C@@H](O[C@H]6[C@@H]7OCc8ccccc8CO[C@H]7[C@@H](O[C@H]7[C@H](OC)[C@@H](OC)[C@@H](O[C@H]8[C@H](OC)[C@@H](OC)[C@@H](O[C@@H]1[C@@H](CO)O2)O[C@@H]8CO)O[C@@H]7CO)O[C@@H]6CO)O[C@@H]5CO)O[C@@H]4CO)O[C@@H]3CO. The summed E-state index contributed by atoms with van der Waals surface area (Å²) < 4.78 is 180. The third kappa shape index (κ3) is 15.6. The Kier molecular flexibility index (Phi) is 28.7. The summed E-state index contributed by atoms with van der Waals surface area (Å²) in [6, 6.07) is 7.48. The molecule has 35 heteroatoms. The Morgan fingerprint density at radius 3 is 0.639 bits per heavy atom. The quantitative estimate of drug-likeness (QED) is 0.0685. The van der Waals surface area contributed by atoms with Crippen LogP contribution in [0.15, 0.2) is 24.3 Å². The minimum atomic E-state index is -1.44. The van der Waals surface area contributed by atoms with E-state index in [1.54, 1.807) is 0 Å². The highest BCUT2D eigenvalue weighted by Gasteiger charge is 2.62. The summed E-state index contributed by atoms with van der Waals surface area (Å²) in [5.41, 5.74) is 1.58. The van der Waals surface area contributed by atoms with Gasteiger partial charge in [0.05, 0.1) is 59.5 Å². The molecule has 20 saturated heterocycles. The minimum absolute atomic E-state index is 0.0188. The number of benzene rings is 1. The molecule has 0 amide bonds. The van der Waals surface area contributed by atoms with Crippen LogP contribution >= 0.6 is 0 Å². The van der Waals surface area contributed by atoms with Crippen molar-refractivity contribution in [3.63, 3.8) is 0 Å². The van der Waals surface area contributed by atoms with Crippen LogP contribution in [-0.2, 0) is 146 Å². The Morgan fingerprint density at radius 1 is 0.237 bits per heavy atom. The molecule has 22 rings (SSSR count). The molecule has 21 aliphatic heterocycles. The van der Waals surface area contributed by atoms with Gasteiger partial charge in [-0.25, -0.2) is 0 Å². The number of hydrogen-bond acceptors (Lipinski definition) is 35. The molecule has 558 valence electrons. The molecule has 0 aromatic heterocycles. The molecule has 21 aliphatic rings. The first-order valence-electron chi connectivity index (χ1n) is 32.3. The Morgan fingerprint density at radius 2 is 0.423 bits per heavy atom.